The summed E-state index contributed by atoms with van der Waals surface area (Å²) in [5, 5.41) is 0. The maximum atomic E-state index is 12.9. The van der Waals surface area contributed by atoms with Gasteiger partial charge in [-0.15, -0.1) is 0 Å². The Morgan fingerprint density at radius 3 is 2.39 bits per heavy atom. The van der Waals surface area contributed by atoms with E-state index in [0.29, 0.717) is 30.1 Å². The maximum absolute atomic E-state index is 12.9. The monoisotopic (exact) mass is 461 g/mol. The topological polar surface area (TPSA) is 108 Å². The lowest BCUT2D eigenvalue weighted by Crippen LogP contribution is -2.57. The largest absolute Gasteiger partial charge is 0.463 e. The van der Waals surface area contributed by atoms with Gasteiger partial charge in [0.25, 0.3) is 11.5 Å². The van der Waals surface area contributed by atoms with Crippen molar-refractivity contribution in [1.82, 2.24) is 0 Å². The number of nitrogens with two attached hydrogens (primary N) is 1. The van der Waals surface area contributed by atoms with Crippen LogP contribution in [0.3, 0.4) is 0 Å². The van der Waals surface area contributed by atoms with Crippen molar-refractivity contribution in [2.75, 3.05) is 6.61 Å². The highest BCUT2D eigenvalue weighted by atomic mass is 16.7. The van der Waals surface area contributed by atoms with Crippen LogP contribution >= 0.6 is 0 Å². The van der Waals surface area contributed by atoms with Crippen LogP contribution in [0.25, 0.3) is 0 Å². The van der Waals surface area contributed by atoms with E-state index in [9.17, 15) is 14.4 Å². The van der Waals surface area contributed by atoms with Gasteiger partial charge in [0.2, 0.25) is 0 Å². The molecule has 4 saturated carbocycles. The molecule has 1 heterocycles. The van der Waals surface area contributed by atoms with Crippen LogP contribution in [-0.2, 0) is 28.6 Å². The summed E-state index contributed by atoms with van der Waals surface area (Å²) in [6.07, 6.45) is 9.02. The molecule has 5 rings (SSSR count). The minimum absolute atomic E-state index is 0.0568. The van der Waals surface area contributed by atoms with Gasteiger partial charge in [0, 0.05) is 12.3 Å². The third-order valence-electron chi connectivity index (χ3n) is 10.8. The van der Waals surface area contributed by atoms with Gasteiger partial charge in [-0.1, -0.05) is 13.8 Å². The lowest BCUT2D eigenvalue weighted by atomic mass is 9.44. The van der Waals surface area contributed by atoms with Crippen molar-refractivity contribution in [2.24, 2.45) is 40.2 Å². The normalized spacial score (nSPS) is 50.0. The predicted octanol–water partition coefficient (Wildman–Crippen LogP) is 3.52. The molecular formula is C26H39NO6. The molecule has 9 atom stereocenters. The van der Waals surface area contributed by atoms with Crippen LogP contribution in [-0.4, -0.2) is 41.8 Å². The van der Waals surface area contributed by atoms with Gasteiger partial charge in [0.05, 0.1) is 6.61 Å². The second kappa shape index (κ2) is 7.43. The Hall–Kier alpha value is -1.63. The highest BCUT2D eigenvalue weighted by Gasteiger charge is 2.88. The number of carbonyl (C=O) groups excluding carboxylic acids is 3. The molecule has 0 bridgehead atoms. The number of hydrogen-bond donors (Lipinski definition) is 1. The Morgan fingerprint density at radius 2 is 1.73 bits per heavy atom. The number of fused-ring (bicyclic) bond motifs is 6. The fourth-order valence-corrected chi connectivity index (χ4v) is 9.33. The molecule has 0 aromatic heterocycles. The molecule has 184 valence electrons. The average molecular weight is 462 g/mol. The van der Waals surface area contributed by atoms with E-state index in [1.165, 1.54) is 6.92 Å². The Balaban J connectivity index is 1.39. The SMILES string of the molecule is CCOC(=O)[C@@]1(C(N)=O)O[C@@]12CC[C@H]1[C@H]3CC[C@H]4C[C@@H](OC(C)=O)CC[C@]4(C)[C@@H]3CC[C@@]12C. The van der Waals surface area contributed by atoms with E-state index >= 15 is 0 Å². The van der Waals surface area contributed by atoms with Crippen molar-refractivity contribution >= 4 is 17.8 Å². The zero-order chi connectivity index (χ0) is 23.8. The van der Waals surface area contributed by atoms with E-state index in [2.05, 4.69) is 13.8 Å². The summed E-state index contributed by atoms with van der Waals surface area (Å²) in [5.41, 5.74) is 3.34. The first-order valence-corrected chi connectivity index (χ1v) is 12.9. The van der Waals surface area contributed by atoms with Crippen molar-refractivity contribution in [1.29, 1.82) is 0 Å². The molecule has 5 fully saturated rings. The van der Waals surface area contributed by atoms with Crippen LogP contribution < -0.4 is 5.73 Å². The molecule has 1 aliphatic heterocycles. The van der Waals surface area contributed by atoms with Crippen LogP contribution in [0.1, 0.15) is 85.5 Å². The molecule has 0 radical (unpaired) electrons. The average Bonchev–Trinajstić information content (AvgIpc) is 3.36. The highest BCUT2D eigenvalue weighted by molar-refractivity contribution is 6.10. The van der Waals surface area contributed by atoms with Crippen molar-refractivity contribution in [3.05, 3.63) is 0 Å². The van der Waals surface area contributed by atoms with Gasteiger partial charge >= 0.3 is 11.9 Å². The molecule has 1 spiro atoms. The molecular weight excluding hydrogens is 422 g/mol. The number of amides is 1. The smallest absolute Gasteiger partial charge is 0.351 e. The van der Waals surface area contributed by atoms with E-state index in [1.54, 1.807) is 6.92 Å². The summed E-state index contributed by atoms with van der Waals surface area (Å²) >= 11 is 0. The Morgan fingerprint density at radius 1 is 1.00 bits per heavy atom. The Kier molecular flexibility index (Phi) is 5.21. The van der Waals surface area contributed by atoms with Crippen molar-refractivity contribution in [3.8, 4) is 0 Å². The number of carbonyl (C=O) groups is 3. The van der Waals surface area contributed by atoms with E-state index in [-0.39, 0.29) is 29.5 Å². The number of primary amides is 1. The summed E-state index contributed by atoms with van der Waals surface area (Å²) in [6, 6.07) is 0. The fraction of sp³-hybridized carbons (Fsp3) is 0.885. The quantitative estimate of drug-likeness (QED) is 0.390. The van der Waals surface area contributed by atoms with Gasteiger partial charge in [-0.3, -0.25) is 9.59 Å². The molecule has 4 aliphatic carbocycles. The van der Waals surface area contributed by atoms with Gasteiger partial charge in [0.15, 0.2) is 0 Å². The van der Waals surface area contributed by atoms with Crippen molar-refractivity contribution in [3.63, 3.8) is 0 Å². The van der Waals surface area contributed by atoms with Crippen LogP contribution in [0.15, 0.2) is 0 Å². The van der Waals surface area contributed by atoms with Gasteiger partial charge in [-0.25, -0.2) is 4.79 Å². The number of hydrogen-bond acceptors (Lipinski definition) is 6. The van der Waals surface area contributed by atoms with E-state index in [1.807, 2.05) is 0 Å². The van der Waals surface area contributed by atoms with Gasteiger partial charge in [-0.05, 0) is 93.8 Å². The fourth-order valence-electron chi connectivity index (χ4n) is 9.33. The molecule has 2 N–H and O–H groups in total. The molecule has 7 nitrogen and oxygen atoms in total. The summed E-state index contributed by atoms with van der Waals surface area (Å²) in [6.45, 7) is 8.14. The summed E-state index contributed by atoms with van der Waals surface area (Å²) in [7, 11) is 0. The number of esters is 2. The minimum Gasteiger partial charge on any atom is -0.463 e. The first-order valence-electron chi connectivity index (χ1n) is 12.9. The Bertz CT molecular complexity index is 875. The zero-order valence-electron chi connectivity index (χ0n) is 20.5. The zero-order valence-corrected chi connectivity index (χ0v) is 20.5. The van der Waals surface area contributed by atoms with E-state index in [4.69, 9.17) is 19.9 Å². The second-order valence-corrected chi connectivity index (χ2v) is 11.9. The number of ether oxygens (including phenoxy) is 3. The molecule has 5 aliphatic rings. The third-order valence-corrected chi connectivity index (χ3v) is 10.8. The van der Waals surface area contributed by atoms with Crippen LogP contribution in [0.2, 0.25) is 0 Å². The predicted molar refractivity (Wildman–Crippen MR) is 120 cm³/mol. The lowest BCUT2D eigenvalue weighted by molar-refractivity contribution is -0.160. The molecule has 33 heavy (non-hydrogen) atoms. The summed E-state index contributed by atoms with van der Waals surface area (Å²) in [5.74, 6) is 0.684. The lowest BCUT2D eigenvalue weighted by Gasteiger charge is -2.60. The maximum Gasteiger partial charge on any atom is 0.351 e. The van der Waals surface area contributed by atoms with Gasteiger partial charge < -0.3 is 19.9 Å². The highest BCUT2D eigenvalue weighted by Crippen LogP contribution is 2.76. The van der Waals surface area contributed by atoms with Crippen LogP contribution in [0.5, 0.6) is 0 Å². The van der Waals surface area contributed by atoms with E-state index < -0.39 is 23.1 Å². The Labute approximate surface area is 196 Å². The van der Waals surface area contributed by atoms with Crippen molar-refractivity contribution < 1.29 is 28.6 Å². The molecule has 7 heteroatoms. The van der Waals surface area contributed by atoms with Gasteiger partial charge in [-0.2, -0.15) is 0 Å². The van der Waals surface area contributed by atoms with E-state index in [0.717, 1.165) is 51.4 Å². The molecule has 0 aromatic carbocycles. The standard InChI is InChI=1S/C26H39NO6/c1-5-31-22(30)26(21(27)29)25(33-26)13-10-20-18-7-6-16-14-17(32-15(2)28)8-11-23(16,3)19(18)9-12-24(20,25)4/h16-20H,5-14H2,1-4H3,(H2,27,29)/t16-,17-,18-,19+,20-,23-,24-,25+,26+/m0/s1. The third kappa shape index (κ3) is 2.86. The van der Waals surface area contributed by atoms with Crippen LogP contribution in [0.4, 0.5) is 0 Å². The second-order valence-electron chi connectivity index (χ2n) is 11.9. The van der Waals surface area contributed by atoms with Gasteiger partial charge in [0.1, 0.15) is 11.7 Å². The molecule has 1 amide bonds. The summed E-state index contributed by atoms with van der Waals surface area (Å²) in [4.78, 5) is 37.0. The number of rotatable bonds is 4. The first-order chi connectivity index (χ1) is 15.6. The minimum atomic E-state index is -1.62. The van der Waals surface area contributed by atoms with Crippen molar-refractivity contribution in [2.45, 2.75) is 103 Å². The molecule has 0 unspecified atom stereocenters. The molecule has 1 saturated heterocycles. The first kappa shape index (κ1) is 23.1. The number of epoxide rings is 1. The van der Waals surface area contributed by atoms with Crippen LogP contribution in [0, 0.1) is 34.5 Å². The summed E-state index contributed by atoms with van der Waals surface area (Å²) < 4.78 is 17.0. The molecule has 0 aromatic rings.